The van der Waals surface area contributed by atoms with Crippen LogP contribution in [-0.4, -0.2) is 6.11 Å². The van der Waals surface area contributed by atoms with E-state index in [1.807, 2.05) is 0 Å². The minimum Gasteiger partial charge on any atom is -0.397 e. The number of anilines is 1. The zero-order valence-electron chi connectivity index (χ0n) is 10.1. The standard InChI is InChI=1S/C10H2F11NO/c11-2-1(3(12)5(14)6(22)4(2)13)9(18,19)10(20,21)23-8(17)7(15)16/h22H2. The van der Waals surface area contributed by atoms with Crippen LogP contribution in [0.3, 0.4) is 0 Å². The third kappa shape index (κ3) is 2.99. The van der Waals surface area contributed by atoms with E-state index in [0.717, 1.165) is 0 Å². The predicted molar refractivity (Wildman–Crippen MR) is 51.0 cm³/mol. The Kier molecular flexibility index (Phi) is 4.73. The van der Waals surface area contributed by atoms with Crippen molar-refractivity contribution in [1.29, 1.82) is 0 Å². The topological polar surface area (TPSA) is 35.2 Å². The summed E-state index contributed by atoms with van der Waals surface area (Å²) in [6, 6.07) is -3.49. The highest BCUT2D eigenvalue weighted by atomic mass is 19.3. The molecule has 0 atom stereocenters. The highest BCUT2D eigenvalue weighted by Gasteiger charge is 2.64. The third-order valence-corrected chi connectivity index (χ3v) is 2.34. The SMILES string of the molecule is Nc1c(F)c(F)c(C(F)(F)C(F)(F)OC(F)=C(F)F)c(F)c1F. The van der Waals surface area contributed by atoms with Gasteiger partial charge in [-0.05, 0) is 0 Å². The molecule has 0 heterocycles. The van der Waals surface area contributed by atoms with Crippen LogP contribution in [-0.2, 0) is 10.7 Å². The van der Waals surface area contributed by atoms with Gasteiger partial charge in [-0.25, -0.2) is 17.6 Å². The van der Waals surface area contributed by atoms with E-state index in [2.05, 4.69) is 10.5 Å². The molecule has 1 aromatic rings. The Morgan fingerprint density at radius 1 is 0.783 bits per heavy atom. The lowest BCUT2D eigenvalue weighted by molar-refractivity contribution is -0.348. The number of hydrogen-bond acceptors (Lipinski definition) is 2. The van der Waals surface area contributed by atoms with E-state index in [9.17, 15) is 48.3 Å². The Balaban J connectivity index is 3.59. The maximum atomic E-state index is 13.4. The zero-order chi connectivity index (χ0) is 18.3. The van der Waals surface area contributed by atoms with Gasteiger partial charge in [-0.2, -0.15) is 30.7 Å². The zero-order valence-corrected chi connectivity index (χ0v) is 10.1. The van der Waals surface area contributed by atoms with Gasteiger partial charge in [0.1, 0.15) is 11.3 Å². The van der Waals surface area contributed by atoms with Crippen LogP contribution in [0.2, 0.25) is 0 Å². The van der Waals surface area contributed by atoms with E-state index in [4.69, 9.17) is 0 Å². The first-order chi connectivity index (χ1) is 10.3. The molecule has 0 bridgehead atoms. The van der Waals surface area contributed by atoms with Crippen molar-refractivity contribution < 1.29 is 53.0 Å². The molecule has 0 radical (unpaired) electrons. The van der Waals surface area contributed by atoms with E-state index in [0.29, 0.717) is 0 Å². The molecule has 0 aromatic heterocycles. The Morgan fingerprint density at radius 2 is 1.17 bits per heavy atom. The van der Waals surface area contributed by atoms with Crippen LogP contribution in [0.5, 0.6) is 0 Å². The van der Waals surface area contributed by atoms with Gasteiger partial charge in [0.15, 0.2) is 23.3 Å². The summed E-state index contributed by atoms with van der Waals surface area (Å²) in [5, 5.41) is 0. The van der Waals surface area contributed by atoms with Crippen molar-refractivity contribution in [3.05, 3.63) is 40.9 Å². The van der Waals surface area contributed by atoms with Gasteiger partial charge >= 0.3 is 24.1 Å². The molecular formula is C10H2F11NO. The molecule has 0 fully saturated rings. The second-order valence-corrected chi connectivity index (χ2v) is 3.77. The Labute approximate surface area is 118 Å². The molecule has 0 aliphatic rings. The summed E-state index contributed by atoms with van der Waals surface area (Å²) in [4.78, 5) is 0. The maximum absolute atomic E-state index is 13.4. The number of rotatable bonds is 4. The number of alkyl halides is 4. The minimum absolute atomic E-state index is 1.94. The number of ether oxygens (including phenoxy) is 1. The lowest BCUT2D eigenvalue weighted by Gasteiger charge is -2.26. The number of nitrogen functional groups attached to an aromatic ring is 1. The maximum Gasteiger partial charge on any atom is 0.471 e. The van der Waals surface area contributed by atoms with E-state index in [-0.39, 0.29) is 0 Å². The average molecular weight is 361 g/mol. The average Bonchev–Trinajstić information content (AvgIpc) is 2.42. The second-order valence-electron chi connectivity index (χ2n) is 3.77. The molecule has 13 heteroatoms. The van der Waals surface area contributed by atoms with Crippen LogP contribution in [0, 0.1) is 23.3 Å². The summed E-state index contributed by atoms with van der Waals surface area (Å²) in [6.07, 6.45) is -9.94. The predicted octanol–water partition coefficient (Wildman–Crippen LogP) is 4.56. The van der Waals surface area contributed by atoms with Gasteiger partial charge in [0.05, 0.1) is 0 Å². The normalized spacial score (nSPS) is 12.3. The molecule has 0 unspecified atom stereocenters. The fourth-order valence-electron chi connectivity index (χ4n) is 1.29. The van der Waals surface area contributed by atoms with E-state index in [1.54, 1.807) is 0 Å². The van der Waals surface area contributed by atoms with Crippen molar-refractivity contribution in [2.24, 2.45) is 0 Å². The molecule has 2 nitrogen and oxygen atoms in total. The first-order valence-electron chi connectivity index (χ1n) is 5.03. The molecule has 23 heavy (non-hydrogen) atoms. The molecule has 0 saturated heterocycles. The van der Waals surface area contributed by atoms with Crippen molar-refractivity contribution in [2.45, 2.75) is 12.0 Å². The second kappa shape index (κ2) is 5.77. The number of hydrogen-bond donors (Lipinski definition) is 1. The van der Waals surface area contributed by atoms with Crippen LogP contribution in [0.25, 0.3) is 0 Å². The van der Waals surface area contributed by atoms with Gasteiger partial charge in [-0.1, -0.05) is 0 Å². The molecule has 0 spiro atoms. The quantitative estimate of drug-likeness (QED) is 0.369. The van der Waals surface area contributed by atoms with E-state index >= 15 is 0 Å². The summed E-state index contributed by atoms with van der Waals surface area (Å²) in [5.74, 6) is -17.7. The molecule has 1 rings (SSSR count). The highest BCUT2D eigenvalue weighted by Crippen LogP contribution is 2.48. The lowest BCUT2D eigenvalue weighted by atomic mass is 10.0. The Morgan fingerprint density at radius 3 is 1.52 bits per heavy atom. The van der Waals surface area contributed by atoms with Crippen molar-refractivity contribution in [3.8, 4) is 0 Å². The number of nitrogens with two attached hydrogens (primary N) is 1. The summed E-state index contributed by atoms with van der Waals surface area (Å²) < 4.78 is 143. The van der Waals surface area contributed by atoms with Crippen LogP contribution in [0.4, 0.5) is 54.0 Å². The number of benzene rings is 1. The molecule has 0 saturated carbocycles. The molecule has 2 N–H and O–H groups in total. The van der Waals surface area contributed by atoms with Gasteiger partial charge in [-0.15, -0.1) is 0 Å². The third-order valence-electron chi connectivity index (χ3n) is 2.34. The molecule has 0 amide bonds. The van der Waals surface area contributed by atoms with Crippen molar-refractivity contribution >= 4 is 5.69 Å². The van der Waals surface area contributed by atoms with Gasteiger partial charge in [0.2, 0.25) is 0 Å². The largest absolute Gasteiger partial charge is 0.471 e. The Hall–Kier alpha value is -2.21. The summed E-state index contributed by atoms with van der Waals surface area (Å²) in [7, 11) is 0. The lowest BCUT2D eigenvalue weighted by Crippen LogP contribution is -2.42. The fourth-order valence-corrected chi connectivity index (χ4v) is 1.29. The van der Waals surface area contributed by atoms with Gasteiger partial charge in [-0.3, -0.25) is 0 Å². The van der Waals surface area contributed by atoms with Crippen LogP contribution in [0.1, 0.15) is 5.56 Å². The van der Waals surface area contributed by atoms with Gasteiger partial charge < -0.3 is 10.5 Å². The summed E-state index contributed by atoms with van der Waals surface area (Å²) in [6.45, 7) is 0. The number of halogens is 11. The van der Waals surface area contributed by atoms with Crippen molar-refractivity contribution in [3.63, 3.8) is 0 Å². The molecular weight excluding hydrogens is 359 g/mol. The highest BCUT2D eigenvalue weighted by molar-refractivity contribution is 5.46. The van der Waals surface area contributed by atoms with E-state index in [1.165, 1.54) is 0 Å². The molecule has 130 valence electrons. The summed E-state index contributed by atoms with van der Waals surface area (Å²) in [5.41, 5.74) is -0.699. The first-order valence-corrected chi connectivity index (χ1v) is 5.03. The van der Waals surface area contributed by atoms with Gasteiger partial charge in [0, 0.05) is 0 Å². The minimum atomic E-state index is -6.34. The molecule has 1 aromatic carbocycles. The molecule has 0 aliphatic heterocycles. The van der Waals surface area contributed by atoms with Crippen LogP contribution >= 0.6 is 0 Å². The van der Waals surface area contributed by atoms with Crippen LogP contribution in [0.15, 0.2) is 12.1 Å². The van der Waals surface area contributed by atoms with Crippen molar-refractivity contribution in [2.75, 3.05) is 5.73 Å². The van der Waals surface area contributed by atoms with E-state index < -0.39 is 58.6 Å². The monoisotopic (exact) mass is 361 g/mol. The van der Waals surface area contributed by atoms with Crippen molar-refractivity contribution in [1.82, 2.24) is 0 Å². The smallest absolute Gasteiger partial charge is 0.397 e. The van der Waals surface area contributed by atoms with Crippen LogP contribution < -0.4 is 5.73 Å². The van der Waals surface area contributed by atoms with Gasteiger partial charge in [0.25, 0.3) is 0 Å². The first kappa shape index (κ1) is 18.8. The summed E-state index contributed by atoms with van der Waals surface area (Å²) >= 11 is 0. The fraction of sp³-hybridized carbons (Fsp3) is 0.200. The molecule has 0 aliphatic carbocycles. The Bertz CT molecular complexity index is 636.